The standard InChI is InChI=1S/C10H14ClN3O2/c1-13(5-4-12)7-8-6-9(11)2-3-10(8)14(15)16/h2-3,6H,4-5,7,12H2,1H3. The third kappa shape index (κ3) is 3.44. The first-order chi connectivity index (χ1) is 7.54. The van der Waals surface area contributed by atoms with Crippen LogP contribution < -0.4 is 5.73 Å². The molecule has 88 valence electrons. The average molecular weight is 244 g/mol. The number of nitrogens with zero attached hydrogens (tertiary/aromatic N) is 2. The first-order valence-corrected chi connectivity index (χ1v) is 5.24. The molecule has 1 rings (SSSR count). The molecule has 1 aromatic rings. The van der Waals surface area contributed by atoms with Crippen LogP contribution in [0.2, 0.25) is 5.02 Å². The minimum absolute atomic E-state index is 0.0910. The van der Waals surface area contributed by atoms with E-state index in [2.05, 4.69) is 0 Å². The summed E-state index contributed by atoms with van der Waals surface area (Å²) in [6, 6.07) is 4.56. The summed E-state index contributed by atoms with van der Waals surface area (Å²) in [5.41, 5.74) is 6.11. The number of nitro groups is 1. The van der Waals surface area contributed by atoms with Crippen LogP contribution in [0.15, 0.2) is 18.2 Å². The van der Waals surface area contributed by atoms with Crippen molar-refractivity contribution in [2.45, 2.75) is 6.54 Å². The van der Waals surface area contributed by atoms with Crippen molar-refractivity contribution in [1.82, 2.24) is 4.90 Å². The molecule has 0 fully saturated rings. The normalized spacial score (nSPS) is 10.8. The third-order valence-corrected chi connectivity index (χ3v) is 2.42. The van der Waals surface area contributed by atoms with E-state index in [0.717, 1.165) is 0 Å². The predicted molar refractivity (Wildman–Crippen MR) is 63.5 cm³/mol. The van der Waals surface area contributed by atoms with Gasteiger partial charge in [-0.1, -0.05) is 11.6 Å². The van der Waals surface area contributed by atoms with Crippen molar-refractivity contribution >= 4 is 17.3 Å². The summed E-state index contributed by atoms with van der Waals surface area (Å²) in [6.45, 7) is 1.67. The summed E-state index contributed by atoms with van der Waals surface area (Å²) in [7, 11) is 1.86. The lowest BCUT2D eigenvalue weighted by Crippen LogP contribution is -2.25. The molecule has 0 bridgehead atoms. The van der Waals surface area contributed by atoms with Crippen molar-refractivity contribution in [3.8, 4) is 0 Å². The smallest absolute Gasteiger partial charge is 0.273 e. The fourth-order valence-electron chi connectivity index (χ4n) is 1.45. The average Bonchev–Trinajstić information content (AvgIpc) is 2.17. The van der Waals surface area contributed by atoms with Gasteiger partial charge >= 0.3 is 0 Å². The van der Waals surface area contributed by atoms with Crippen LogP contribution >= 0.6 is 11.6 Å². The summed E-state index contributed by atoms with van der Waals surface area (Å²) in [5, 5.41) is 11.3. The molecule has 1 aromatic carbocycles. The Morgan fingerprint density at radius 3 is 2.81 bits per heavy atom. The van der Waals surface area contributed by atoms with E-state index in [1.54, 1.807) is 6.07 Å². The fraction of sp³-hybridized carbons (Fsp3) is 0.400. The lowest BCUT2D eigenvalue weighted by atomic mass is 10.1. The van der Waals surface area contributed by atoms with E-state index in [9.17, 15) is 10.1 Å². The van der Waals surface area contributed by atoms with Gasteiger partial charge in [0.2, 0.25) is 0 Å². The van der Waals surface area contributed by atoms with E-state index in [4.69, 9.17) is 17.3 Å². The molecule has 0 atom stereocenters. The number of halogens is 1. The zero-order valence-electron chi connectivity index (χ0n) is 9.02. The van der Waals surface area contributed by atoms with Crippen molar-refractivity contribution in [1.29, 1.82) is 0 Å². The van der Waals surface area contributed by atoms with Crippen molar-refractivity contribution < 1.29 is 4.92 Å². The van der Waals surface area contributed by atoms with Gasteiger partial charge in [-0.15, -0.1) is 0 Å². The minimum atomic E-state index is -0.401. The second kappa shape index (κ2) is 5.79. The molecule has 0 spiro atoms. The number of hydrogen-bond acceptors (Lipinski definition) is 4. The van der Waals surface area contributed by atoms with Gasteiger partial charge in [0.05, 0.1) is 4.92 Å². The van der Waals surface area contributed by atoms with Crippen LogP contribution in [0.25, 0.3) is 0 Å². The van der Waals surface area contributed by atoms with Gasteiger partial charge in [-0.3, -0.25) is 10.1 Å². The van der Waals surface area contributed by atoms with Crippen LogP contribution in [0, 0.1) is 10.1 Å². The highest BCUT2D eigenvalue weighted by Crippen LogP contribution is 2.23. The maximum atomic E-state index is 10.8. The van der Waals surface area contributed by atoms with E-state index < -0.39 is 4.92 Å². The molecular weight excluding hydrogens is 230 g/mol. The summed E-state index contributed by atoms with van der Waals surface area (Å²) >= 11 is 5.82. The Bertz CT molecular complexity index is 384. The molecule has 0 aliphatic rings. The molecule has 0 unspecified atom stereocenters. The van der Waals surface area contributed by atoms with Crippen LogP contribution in [0.4, 0.5) is 5.69 Å². The van der Waals surface area contributed by atoms with Crippen LogP contribution in [-0.2, 0) is 6.54 Å². The Kier molecular flexibility index (Phi) is 4.67. The van der Waals surface area contributed by atoms with Crippen molar-refractivity contribution in [3.05, 3.63) is 38.9 Å². The number of hydrogen-bond donors (Lipinski definition) is 1. The fourth-order valence-corrected chi connectivity index (χ4v) is 1.64. The number of rotatable bonds is 5. The second-order valence-corrected chi connectivity index (χ2v) is 3.99. The Labute approximate surface area is 98.9 Å². The zero-order chi connectivity index (χ0) is 12.1. The molecule has 5 nitrogen and oxygen atoms in total. The molecule has 0 saturated carbocycles. The molecule has 0 saturated heterocycles. The van der Waals surface area contributed by atoms with Gasteiger partial charge in [0.25, 0.3) is 5.69 Å². The van der Waals surface area contributed by atoms with Crippen LogP contribution in [0.3, 0.4) is 0 Å². The Morgan fingerprint density at radius 2 is 2.25 bits per heavy atom. The van der Waals surface area contributed by atoms with Gasteiger partial charge in [-0.2, -0.15) is 0 Å². The van der Waals surface area contributed by atoms with Gasteiger partial charge in [-0.25, -0.2) is 0 Å². The molecule has 0 aliphatic carbocycles. The zero-order valence-corrected chi connectivity index (χ0v) is 9.78. The molecule has 0 radical (unpaired) electrons. The minimum Gasteiger partial charge on any atom is -0.329 e. The summed E-state index contributed by atoms with van der Waals surface area (Å²) in [4.78, 5) is 12.3. The molecule has 0 heterocycles. The van der Waals surface area contributed by atoms with Gasteiger partial charge in [0.15, 0.2) is 0 Å². The van der Waals surface area contributed by atoms with Crippen LogP contribution in [0.1, 0.15) is 5.56 Å². The predicted octanol–water partition coefficient (Wildman–Crippen LogP) is 1.64. The highest BCUT2D eigenvalue weighted by Gasteiger charge is 2.14. The molecule has 0 amide bonds. The summed E-state index contributed by atoms with van der Waals surface area (Å²) in [6.07, 6.45) is 0. The number of likely N-dealkylation sites (N-methyl/N-ethyl adjacent to an activating group) is 1. The quantitative estimate of drug-likeness (QED) is 0.630. The first-order valence-electron chi connectivity index (χ1n) is 4.86. The Balaban J connectivity index is 2.92. The Morgan fingerprint density at radius 1 is 1.56 bits per heavy atom. The Hall–Kier alpha value is -1.17. The molecular formula is C10H14ClN3O2. The lowest BCUT2D eigenvalue weighted by Gasteiger charge is -2.15. The van der Waals surface area contributed by atoms with Gasteiger partial charge in [-0.05, 0) is 19.2 Å². The molecule has 0 aromatic heterocycles. The molecule has 2 N–H and O–H groups in total. The third-order valence-electron chi connectivity index (χ3n) is 2.19. The van der Waals surface area contributed by atoms with Crippen molar-refractivity contribution in [2.75, 3.05) is 20.1 Å². The molecule has 0 aliphatic heterocycles. The lowest BCUT2D eigenvalue weighted by molar-refractivity contribution is -0.385. The van der Waals surface area contributed by atoms with Crippen LogP contribution in [0.5, 0.6) is 0 Å². The van der Waals surface area contributed by atoms with Gasteiger partial charge < -0.3 is 10.6 Å². The highest BCUT2D eigenvalue weighted by molar-refractivity contribution is 6.30. The van der Waals surface area contributed by atoms with Crippen molar-refractivity contribution in [3.63, 3.8) is 0 Å². The maximum absolute atomic E-state index is 10.8. The SMILES string of the molecule is CN(CCN)Cc1cc(Cl)ccc1[N+](=O)[O-]. The largest absolute Gasteiger partial charge is 0.329 e. The van der Waals surface area contributed by atoms with Gasteiger partial charge in [0, 0.05) is 36.3 Å². The van der Waals surface area contributed by atoms with E-state index in [0.29, 0.717) is 30.2 Å². The van der Waals surface area contributed by atoms with Crippen LogP contribution in [-0.4, -0.2) is 30.0 Å². The van der Waals surface area contributed by atoms with Gasteiger partial charge in [0.1, 0.15) is 0 Å². The van der Waals surface area contributed by atoms with E-state index in [1.165, 1.54) is 12.1 Å². The first kappa shape index (κ1) is 12.9. The summed E-state index contributed by atoms with van der Waals surface area (Å²) in [5.74, 6) is 0. The number of nitrogens with two attached hydrogens (primary N) is 1. The second-order valence-electron chi connectivity index (χ2n) is 3.56. The molecule has 16 heavy (non-hydrogen) atoms. The van der Waals surface area contributed by atoms with Crippen molar-refractivity contribution in [2.24, 2.45) is 5.73 Å². The number of benzene rings is 1. The van der Waals surface area contributed by atoms with E-state index in [1.807, 2.05) is 11.9 Å². The van der Waals surface area contributed by atoms with E-state index >= 15 is 0 Å². The molecule has 6 heteroatoms. The monoisotopic (exact) mass is 243 g/mol. The maximum Gasteiger partial charge on any atom is 0.273 e. The number of nitro benzene ring substituents is 1. The topological polar surface area (TPSA) is 72.4 Å². The summed E-state index contributed by atoms with van der Waals surface area (Å²) < 4.78 is 0. The highest BCUT2D eigenvalue weighted by atomic mass is 35.5. The van der Waals surface area contributed by atoms with E-state index in [-0.39, 0.29) is 5.69 Å².